The third-order valence-corrected chi connectivity index (χ3v) is 16.7. The molecule has 6 aliphatic rings. The van der Waals surface area contributed by atoms with Crippen LogP contribution in [-0.4, -0.2) is 26.4 Å². The van der Waals surface area contributed by atoms with E-state index in [0.717, 1.165) is 73.6 Å². The van der Waals surface area contributed by atoms with Crippen LogP contribution in [0.2, 0.25) is 0 Å². The predicted molar refractivity (Wildman–Crippen MR) is 303 cm³/mol. The molecule has 6 nitrogen and oxygen atoms in total. The summed E-state index contributed by atoms with van der Waals surface area (Å²) < 4.78 is 23.8. The lowest BCUT2D eigenvalue weighted by Gasteiger charge is -2.43. The molecule has 0 aromatic heterocycles. The molecule has 0 saturated carbocycles. The summed E-state index contributed by atoms with van der Waals surface area (Å²) in [6.45, 7) is 20.3. The Kier molecular flexibility index (Phi) is 8.83. The molecule has 0 unspecified atom stereocenters. The normalized spacial score (nSPS) is 15.0. The third kappa shape index (κ3) is 6.19. The van der Waals surface area contributed by atoms with Crippen LogP contribution in [0, 0.1) is 0 Å². The lowest BCUT2D eigenvalue weighted by molar-refractivity contribution is 0.458. The molecular formula is C61H54B3N3O3S. The summed E-state index contributed by atoms with van der Waals surface area (Å²) >= 11 is 1.73. The quantitative estimate of drug-likeness (QED) is 0.137. The number of fused-ring (bicyclic) bond motifs is 12. The maximum atomic E-state index is 7.28. The first-order valence-corrected chi connectivity index (χ1v) is 26.3. The van der Waals surface area contributed by atoms with E-state index in [-0.39, 0.29) is 36.4 Å². The highest BCUT2D eigenvalue weighted by Gasteiger charge is 2.49. The average molecular weight is 942 g/mol. The van der Waals surface area contributed by atoms with Gasteiger partial charge < -0.3 is 24.4 Å². The standard InChI is InChI=1S/C61H54B3N3O3S/c1-59(2,3)34-24-45-56-48(25-34)66(37-18-12-11-13-19-37)46-22-16-14-20-38(46)62(56)40-30-42-51(32-44(40)65-45)69-54-28-36(61(7,8)9)29-55-58(54)64(42)43-31-41-47(33-52(43)70-55)67(71-10)49-26-35(60(4,5)6)27-53-57(49)63(41)39-21-15-17-23-50(39)68-53/h11-33,65H,1-10H3. The van der Waals surface area contributed by atoms with Gasteiger partial charge in [-0.05, 0) is 149 Å². The maximum absolute atomic E-state index is 7.28. The molecule has 0 radical (unpaired) electrons. The van der Waals surface area contributed by atoms with Crippen molar-refractivity contribution in [3.63, 3.8) is 0 Å². The number of rotatable bonds is 2. The summed E-state index contributed by atoms with van der Waals surface area (Å²) in [5.74, 6) is 5.29. The van der Waals surface area contributed by atoms with E-state index in [0.29, 0.717) is 0 Å². The van der Waals surface area contributed by atoms with Gasteiger partial charge in [0.2, 0.25) is 0 Å². The van der Waals surface area contributed by atoms with Crippen molar-refractivity contribution in [3.8, 4) is 34.5 Å². The third-order valence-electron chi connectivity index (χ3n) is 16.0. The number of ether oxygens (including phenoxy) is 3. The number of nitrogens with zero attached hydrogens (tertiary/aromatic N) is 2. The van der Waals surface area contributed by atoms with Crippen molar-refractivity contribution in [2.45, 2.75) is 78.6 Å². The van der Waals surface area contributed by atoms with Crippen LogP contribution in [0.1, 0.15) is 79.0 Å². The molecule has 0 fully saturated rings. The Bertz CT molecular complexity index is 3650. The molecule has 0 amide bonds. The van der Waals surface area contributed by atoms with E-state index in [1.807, 2.05) is 0 Å². The second-order valence-electron chi connectivity index (χ2n) is 23.4. The molecule has 0 saturated heterocycles. The highest BCUT2D eigenvalue weighted by molar-refractivity contribution is 8.00. The molecule has 1 N–H and O–H groups in total. The second-order valence-corrected chi connectivity index (χ2v) is 24.1. The number of anilines is 7. The van der Waals surface area contributed by atoms with Gasteiger partial charge in [0.15, 0.2) is 0 Å². The predicted octanol–water partition coefficient (Wildman–Crippen LogP) is 10.0. The monoisotopic (exact) mass is 941 g/mol. The second kappa shape index (κ2) is 14.6. The fourth-order valence-electron chi connectivity index (χ4n) is 12.3. The number of hydrogen-bond donors (Lipinski definition) is 1. The van der Waals surface area contributed by atoms with Crippen molar-refractivity contribution >= 4 is 121 Å². The van der Waals surface area contributed by atoms with Gasteiger partial charge in [-0.3, -0.25) is 4.31 Å². The first kappa shape index (κ1) is 42.9. The summed E-state index contributed by atoms with van der Waals surface area (Å²) in [6.07, 6.45) is 2.18. The topological polar surface area (TPSA) is 46.2 Å². The van der Waals surface area contributed by atoms with Gasteiger partial charge in [-0.15, -0.1) is 0 Å². The molecule has 8 aromatic rings. The van der Waals surface area contributed by atoms with Crippen LogP contribution in [0.5, 0.6) is 34.5 Å². The van der Waals surface area contributed by atoms with E-state index in [9.17, 15) is 0 Å². The van der Waals surface area contributed by atoms with E-state index >= 15 is 0 Å². The molecular weight excluding hydrogens is 887 g/mol. The Labute approximate surface area is 423 Å². The molecule has 6 aliphatic heterocycles. The van der Waals surface area contributed by atoms with Crippen LogP contribution >= 0.6 is 11.9 Å². The molecule has 0 bridgehead atoms. The highest BCUT2D eigenvalue weighted by atomic mass is 32.2. The van der Waals surface area contributed by atoms with E-state index in [4.69, 9.17) is 14.2 Å². The van der Waals surface area contributed by atoms with Crippen LogP contribution in [0.15, 0.2) is 140 Å². The highest BCUT2D eigenvalue weighted by Crippen LogP contribution is 2.47. The minimum atomic E-state index is -0.164. The van der Waals surface area contributed by atoms with Crippen molar-refractivity contribution in [2.24, 2.45) is 0 Å². The van der Waals surface area contributed by atoms with Crippen molar-refractivity contribution in [3.05, 3.63) is 156 Å². The fourth-order valence-corrected chi connectivity index (χ4v) is 13.0. The summed E-state index contributed by atoms with van der Waals surface area (Å²) in [5.41, 5.74) is 22.3. The fraction of sp³-hybridized carbons (Fsp3) is 0.213. The van der Waals surface area contributed by atoms with E-state index in [1.165, 1.54) is 66.5 Å². The van der Waals surface area contributed by atoms with E-state index < -0.39 is 0 Å². The Hall–Kier alpha value is -6.90. The van der Waals surface area contributed by atoms with Gasteiger partial charge in [0.25, 0.3) is 20.1 Å². The number of para-hydroxylation sites is 3. The molecule has 10 heteroatoms. The van der Waals surface area contributed by atoms with Gasteiger partial charge in [0, 0.05) is 52.3 Å². The minimum absolute atomic E-state index is 0.0273. The SMILES string of the molecule is CSN1c2cc3c(cc2B2c4ccccc4Oc4cc(C(C)(C)C)cc1c42)B1c2cc4c(cc2Oc2cc(C(C)(C)C)cc(c21)O3)Nc1cc(C(C)(C)C)cc2c1B4c1ccccc1N2c1ccccc1. The van der Waals surface area contributed by atoms with Crippen molar-refractivity contribution in [1.29, 1.82) is 0 Å². The Morgan fingerprint density at radius 2 is 0.930 bits per heavy atom. The van der Waals surface area contributed by atoms with Gasteiger partial charge >= 0.3 is 0 Å². The summed E-state index contributed by atoms with van der Waals surface area (Å²) in [7, 11) is 0. The smallest absolute Gasteiger partial charge is 0.260 e. The molecule has 6 heterocycles. The van der Waals surface area contributed by atoms with Gasteiger partial charge in [-0.1, -0.05) is 129 Å². The zero-order valence-corrected chi connectivity index (χ0v) is 42.9. The van der Waals surface area contributed by atoms with Gasteiger partial charge in [0.1, 0.15) is 34.5 Å². The largest absolute Gasteiger partial charge is 0.458 e. The Balaban J connectivity index is 1.02. The van der Waals surface area contributed by atoms with Gasteiger partial charge in [-0.2, -0.15) is 0 Å². The van der Waals surface area contributed by atoms with Crippen molar-refractivity contribution in [1.82, 2.24) is 0 Å². The molecule has 8 aromatic carbocycles. The Morgan fingerprint density at radius 1 is 0.394 bits per heavy atom. The van der Waals surface area contributed by atoms with Crippen LogP contribution in [0.3, 0.4) is 0 Å². The number of benzene rings is 8. The molecule has 71 heavy (non-hydrogen) atoms. The molecule has 14 rings (SSSR count). The molecule has 0 spiro atoms. The van der Waals surface area contributed by atoms with E-state index in [2.05, 4.69) is 223 Å². The summed E-state index contributed by atoms with van der Waals surface area (Å²) in [6, 6.07) is 52.1. The van der Waals surface area contributed by atoms with Crippen molar-refractivity contribution < 1.29 is 14.2 Å². The first-order chi connectivity index (χ1) is 34.0. The Morgan fingerprint density at radius 3 is 1.62 bits per heavy atom. The number of hydrogen-bond acceptors (Lipinski definition) is 7. The maximum Gasteiger partial charge on any atom is 0.260 e. The first-order valence-electron chi connectivity index (χ1n) is 25.1. The van der Waals surface area contributed by atoms with Gasteiger partial charge in [0.05, 0.1) is 11.4 Å². The van der Waals surface area contributed by atoms with Crippen LogP contribution in [-0.2, 0) is 16.2 Å². The van der Waals surface area contributed by atoms with Crippen LogP contribution in [0.25, 0.3) is 0 Å². The van der Waals surface area contributed by atoms with Crippen LogP contribution < -0.4 is 77.9 Å². The number of nitrogens with one attached hydrogen (secondary N) is 1. The minimum Gasteiger partial charge on any atom is -0.458 e. The zero-order valence-electron chi connectivity index (χ0n) is 42.0. The summed E-state index contributed by atoms with van der Waals surface area (Å²) in [4.78, 5) is 2.47. The molecule has 0 aliphatic carbocycles. The average Bonchev–Trinajstić information content (AvgIpc) is 3.34. The lowest BCUT2D eigenvalue weighted by atomic mass is 9.30. The summed E-state index contributed by atoms with van der Waals surface area (Å²) in [5, 5.41) is 4.04. The zero-order chi connectivity index (χ0) is 48.6. The van der Waals surface area contributed by atoms with Crippen molar-refractivity contribution in [2.75, 3.05) is 20.8 Å². The van der Waals surface area contributed by atoms with Crippen LogP contribution in [0.4, 0.5) is 39.8 Å². The van der Waals surface area contributed by atoms with Gasteiger partial charge in [-0.25, -0.2) is 0 Å². The van der Waals surface area contributed by atoms with E-state index in [1.54, 1.807) is 11.9 Å². The molecule has 0 atom stereocenters. The molecule has 346 valence electrons. The lowest BCUT2D eigenvalue weighted by Crippen LogP contribution is -2.64.